The van der Waals surface area contributed by atoms with Gasteiger partial charge in [0.05, 0.1) is 26.2 Å². The maximum absolute atomic E-state index is 11.0. The molecular weight excluding hydrogens is 260 g/mol. The van der Waals surface area contributed by atoms with Crippen molar-refractivity contribution >= 4 is 5.97 Å². The number of benzene rings is 1. The summed E-state index contributed by atoms with van der Waals surface area (Å²) in [6.45, 7) is 5.51. The third-order valence-electron chi connectivity index (χ3n) is 2.88. The Balaban J connectivity index is 3.14. The molecule has 0 aromatic heterocycles. The normalized spacial score (nSPS) is 12.1. The standard InChI is InChI=1S/C15H22O5/c1-9(2)20-14-8-12(18-4)11(7-13(14)19-5)6-10(3)15(16)17/h7-10H,6H2,1-5H3,(H,16,17). The molecule has 5 heteroatoms. The molecule has 1 atom stereocenters. The van der Waals surface area contributed by atoms with Gasteiger partial charge in [0.25, 0.3) is 0 Å². The van der Waals surface area contributed by atoms with Crippen LogP contribution < -0.4 is 14.2 Å². The highest BCUT2D eigenvalue weighted by atomic mass is 16.5. The Morgan fingerprint density at radius 3 is 2.15 bits per heavy atom. The molecule has 0 fully saturated rings. The molecule has 1 rings (SSSR count). The van der Waals surface area contributed by atoms with Gasteiger partial charge in [-0.1, -0.05) is 6.92 Å². The van der Waals surface area contributed by atoms with Crippen LogP contribution in [-0.4, -0.2) is 31.4 Å². The molecule has 0 amide bonds. The van der Waals surface area contributed by atoms with E-state index in [1.54, 1.807) is 33.3 Å². The second-order valence-electron chi connectivity index (χ2n) is 4.92. The first-order chi connectivity index (χ1) is 9.38. The minimum absolute atomic E-state index is 0.0115. The minimum atomic E-state index is -0.839. The number of aliphatic carboxylic acids is 1. The van der Waals surface area contributed by atoms with Crippen LogP contribution in [-0.2, 0) is 11.2 Å². The van der Waals surface area contributed by atoms with Crippen molar-refractivity contribution in [3.8, 4) is 17.2 Å². The van der Waals surface area contributed by atoms with Crippen LogP contribution in [0.5, 0.6) is 17.2 Å². The Bertz CT molecular complexity index is 468. The highest BCUT2D eigenvalue weighted by Gasteiger charge is 2.18. The summed E-state index contributed by atoms with van der Waals surface area (Å²) in [4.78, 5) is 11.0. The van der Waals surface area contributed by atoms with E-state index >= 15 is 0 Å². The summed E-state index contributed by atoms with van der Waals surface area (Å²) in [6.07, 6.45) is 0.383. The molecule has 1 unspecified atom stereocenters. The largest absolute Gasteiger partial charge is 0.496 e. The number of carboxylic acid groups (broad SMARTS) is 1. The summed E-state index contributed by atoms with van der Waals surface area (Å²) in [7, 11) is 3.11. The van der Waals surface area contributed by atoms with Gasteiger partial charge in [0.1, 0.15) is 5.75 Å². The first kappa shape index (κ1) is 16.1. The van der Waals surface area contributed by atoms with Crippen LogP contribution >= 0.6 is 0 Å². The molecule has 1 aromatic rings. The van der Waals surface area contributed by atoms with Gasteiger partial charge in [-0.15, -0.1) is 0 Å². The van der Waals surface area contributed by atoms with Crippen LogP contribution in [0.3, 0.4) is 0 Å². The van der Waals surface area contributed by atoms with Crippen LogP contribution in [0.15, 0.2) is 12.1 Å². The zero-order chi connectivity index (χ0) is 15.3. The highest BCUT2D eigenvalue weighted by molar-refractivity contribution is 5.70. The zero-order valence-corrected chi connectivity index (χ0v) is 12.6. The molecule has 5 nitrogen and oxygen atoms in total. The number of methoxy groups -OCH3 is 2. The van der Waals surface area contributed by atoms with Gasteiger partial charge in [0.15, 0.2) is 11.5 Å². The van der Waals surface area contributed by atoms with E-state index in [9.17, 15) is 4.79 Å². The average Bonchev–Trinajstić information content (AvgIpc) is 2.38. The Hall–Kier alpha value is -1.91. The predicted molar refractivity (Wildman–Crippen MR) is 75.8 cm³/mol. The van der Waals surface area contributed by atoms with E-state index in [4.69, 9.17) is 19.3 Å². The SMILES string of the molecule is COc1cc(OC(C)C)c(OC)cc1CC(C)C(=O)O. The van der Waals surface area contributed by atoms with E-state index in [1.807, 2.05) is 13.8 Å². The maximum atomic E-state index is 11.0. The maximum Gasteiger partial charge on any atom is 0.306 e. The Kier molecular flexibility index (Phi) is 5.67. The Labute approximate surface area is 119 Å². The molecule has 20 heavy (non-hydrogen) atoms. The predicted octanol–water partition coefficient (Wildman–Crippen LogP) is 2.75. The van der Waals surface area contributed by atoms with Crippen LogP contribution in [0.25, 0.3) is 0 Å². The molecular formula is C15H22O5. The zero-order valence-electron chi connectivity index (χ0n) is 12.6. The summed E-state index contributed by atoms with van der Waals surface area (Å²) in [5, 5.41) is 9.01. The van der Waals surface area contributed by atoms with Crippen LogP contribution in [0, 0.1) is 5.92 Å². The van der Waals surface area contributed by atoms with Crippen molar-refractivity contribution in [3.05, 3.63) is 17.7 Å². The van der Waals surface area contributed by atoms with Crippen LogP contribution in [0.4, 0.5) is 0 Å². The molecule has 0 saturated heterocycles. The number of rotatable bonds is 7. The summed E-state index contributed by atoms with van der Waals surface area (Å²) in [5.74, 6) is 0.437. The summed E-state index contributed by atoms with van der Waals surface area (Å²) < 4.78 is 16.3. The lowest BCUT2D eigenvalue weighted by molar-refractivity contribution is -0.141. The summed E-state index contributed by atoms with van der Waals surface area (Å²) in [5.41, 5.74) is 0.787. The van der Waals surface area contributed by atoms with Crippen molar-refractivity contribution in [2.24, 2.45) is 5.92 Å². The van der Waals surface area contributed by atoms with Crippen molar-refractivity contribution < 1.29 is 24.1 Å². The molecule has 1 aromatic carbocycles. The fourth-order valence-electron chi connectivity index (χ4n) is 1.86. The first-order valence-electron chi connectivity index (χ1n) is 6.53. The van der Waals surface area contributed by atoms with Crippen LogP contribution in [0.1, 0.15) is 26.3 Å². The third-order valence-corrected chi connectivity index (χ3v) is 2.88. The van der Waals surface area contributed by atoms with Crippen LogP contribution in [0.2, 0.25) is 0 Å². The van der Waals surface area contributed by atoms with Crippen molar-refractivity contribution in [2.75, 3.05) is 14.2 Å². The lowest BCUT2D eigenvalue weighted by Crippen LogP contribution is -2.13. The molecule has 0 aliphatic carbocycles. The second-order valence-corrected chi connectivity index (χ2v) is 4.92. The van der Waals surface area contributed by atoms with Gasteiger partial charge < -0.3 is 19.3 Å². The summed E-state index contributed by atoms with van der Waals surface area (Å²) in [6, 6.07) is 3.51. The van der Waals surface area contributed by atoms with Gasteiger partial charge >= 0.3 is 5.97 Å². The van der Waals surface area contributed by atoms with Gasteiger partial charge in [-0.25, -0.2) is 0 Å². The van der Waals surface area contributed by atoms with Crippen molar-refractivity contribution in [3.63, 3.8) is 0 Å². The van der Waals surface area contributed by atoms with Gasteiger partial charge in [0.2, 0.25) is 0 Å². The molecule has 0 aliphatic heterocycles. The van der Waals surface area contributed by atoms with Gasteiger partial charge in [-0.05, 0) is 31.9 Å². The van der Waals surface area contributed by atoms with E-state index in [0.29, 0.717) is 23.7 Å². The van der Waals surface area contributed by atoms with E-state index in [1.165, 1.54) is 0 Å². The number of ether oxygens (including phenoxy) is 3. The lowest BCUT2D eigenvalue weighted by Gasteiger charge is -2.18. The highest BCUT2D eigenvalue weighted by Crippen LogP contribution is 2.36. The van der Waals surface area contributed by atoms with Crippen molar-refractivity contribution in [1.29, 1.82) is 0 Å². The molecule has 0 spiro atoms. The molecule has 0 heterocycles. The van der Waals surface area contributed by atoms with Crippen molar-refractivity contribution in [2.45, 2.75) is 33.3 Å². The minimum Gasteiger partial charge on any atom is -0.496 e. The lowest BCUT2D eigenvalue weighted by atomic mass is 10.00. The fourth-order valence-corrected chi connectivity index (χ4v) is 1.86. The first-order valence-corrected chi connectivity index (χ1v) is 6.53. The summed E-state index contributed by atoms with van der Waals surface area (Å²) >= 11 is 0. The second kappa shape index (κ2) is 7.03. The average molecular weight is 282 g/mol. The fraction of sp³-hybridized carbons (Fsp3) is 0.533. The van der Waals surface area contributed by atoms with Crippen molar-refractivity contribution in [1.82, 2.24) is 0 Å². The smallest absolute Gasteiger partial charge is 0.306 e. The topological polar surface area (TPSA) is 65.0 Å². The molecule has 112 valence electrons. The number of carboxylic acids is 1. The molecule has 0 bridgehead atoms. The van der Waals surface area contributed by atoms with E-state index in [-0.39, 0.29) is 6.10 Å². The third kappa shape index (κ3) is 4.05. The Morgan fingerprint density at radius 1 is 1.10 bits per heavy atom. The number of hydrogen-bond donors (Lipinski definition) is 1. The van der Waals surface area contributed by atoms with Gasteiger partial charge in [-0.2, -0.15) is 0 Å². The van der Waals surface area contributed by atoms with E-state index in [2.05, 4.69) is 0 Å². The molecule has 0 radical (unpaired) electrons. The quantitative estimate of drug-likeness (QED) is 0.833. The number of carbonyl (C=O) groups is 1. The molecule has 0 saturated carbocycles. The van der Waals surface area contributed by atoms with E-state index in [0.717, 1.165) is 5.56 Å². The monoisotopic (exact) mass is 282 g/mol. The van der Waals surface area contributed by atoms with Gasteiger partial charge in [-0.3, -0.25) is 4.79 Å². The van der Waals surface area contributed by atoms with Gasteiger partial charge in [0, 0.05) is 6.07 Å². The Morgan fingerprint density at radius 2 is 1.70 bits per heavy atom. The molecule has 0 aliphatic rings. The van der Waals surface area contributed by atoms with E-state index < -0.39 is 11.9 Å². The molecule has 1 N–H and O–H groups in total. The number of hydrogen-bond acceptors (Lipinski definition) is 4.